The minimum atomic E-state index is -0.198. The Balaban J connectivity index is 2.02. The Kier molecular flexibility index (Phi) is 2.91. The second-order valence-corrected chi connectivity index (χ2v) is 3.82. The largest absolute Gasteiger partial charge is 0.379 e. The number of nitrogens with one attached hydrogen (secondary N) is 1. The van der Waals surface area contributed by atoms with Crippen molar-refractivity contribution in [2.75, 3.05) is 5.32 Å². The molecule has 0 atom stereocenters. The fourth-order valence-electron chi connectivity index (χ4n) is 1.16. The third-order valence-electron chi connectivity index (χ3n) is 2.05. The summed E-state index contributed by atoms with van der Waals surface area (Å²) in [5.74, 6) is -0.198. The molecule has 0 aliphatic rings. The zero-order chi connectivity index (χ0) is 10.7. The summed E-state index contributed by atoms with van der Waals surface area (Å²) < 4.78 is 16.9. The van der Waals surface area contributed by atoms with Gasteiger partial charge >= 0.3 is 0 Å². The summed E-state index contributed by atoms with van der Waals surface area (Å²) in [6.07, 6.45) is 0. The minimum Gasteiger partial charge on any atom is -0.379 e. The molecule has 1 heterocycles. The molecule has 0 amide bonds. The van der Waals surface area contributed by atoms with Gasteiger partial charge in [-0.1, -0.05) is 10.6 Å². The zero-order valence-corrected chi connectivity index (χ0v) is 9.01. The van der Waals surface area contributed by atoms with Gasteiger partial charge in [0.25, 0.3) is 0 Å². The van der Waals surface area contributed by atoms with Gasteiger partial charge in [-0.15, -0.1) is 5.10 Å². The summed E-state index contributed by atoms with van der Waals surface area (Å²) in [6.45, 7) is 2.31. The van der Waals surface area contributed by atoms with Crippen LogP contribution < -0.4 is 5.32 Å². The second-order valence-electron chi connectivity index (χ2n) is 3.21. The van der Waals surface area contributed by atoms with Crippen LogP contribution in [0.15, 0.2) is 23.6 Å². The number of hydrogen-bond donors (Lipinski definition) is 1. The molecule has 2 rings (SSSR count). The molecule has 5 heteroatoms. The first-order chi connectivity index (χ1) is 7.25. The standard InChI is InChI=1S/C10H10FN3S/c1-7-2-3-8(4-10(7)11)12-5-9-6-15-14-13-9/h2-4,6,12H,5H2,1H3. The summed E-state index contributed by atoms with van der Waals surface area (Å²) in [4.78, 5) is 0. The Labute approximate surface area is 91.1 Å². The van der Waals surface area contributed by atoms with E-state index in [0.717, 1.165) is 11.4 Å². The molecule has 0 spiro atoms. The lowest BCUT2D eigenvalue weighted by Gasteiger charge is -2.05. The van der Waals surface area contributed by atoms with Gasteiger partial charge in [0.05, 0.1) is 12.2 Å². The van der Waals surface area contributed by atoms with E-state index in [2.05, 4.69) is 14.9 Å². The molecule has 1 N–H and O–H groups in total. The Hall–Kier alpha value is -1.49. The highest BCUT2D eigenvalue weighted by Crippen LogP contribution is 2.14. The Bertz CT molecular complexity index is 442. The number of nitrogens with zero attached hydrogens (tertiary/aromatic N) is 2. The van der Waals surface area contributed by atoms with Gasteiger partial charge in [-0.25, -0.2) is 4.39 Å². The van der Waals surface area contributed by atoms with Gasteiger partial charge in [0.1, 0.15) is 5.82 Å². The van der Waals surface area contributed by atoms with Crippen molar-refractivity contribution in [3.8, 4) is 0 Å². The van der Waals surface area contributed by atoms with E-state index in [1.54, 1.807) is 13.0 Å². The van der Waals surface area contributed by atoms with E-state index in [-0.39, 0.29) is 5.82 Å². The molecule has 0 saturated heterocycles. The van der Waals surface area contributed by atoms with E-state index in [0.29, 0.717) is 12.1 Å². The van der Waals surface area contributed by atoms with E-state index in [1.807, 2.05) is 11.4 Å². The van der Waals surface area contributed by atoms with Crippen LogP contribution in [0.1, 0.15) is 11.3 Å². The highest BCUT2D eigenvalue weighted by atomic mass is 32.1. The van der Waals surface area contributed by atoms with Gasteiger partial charge in [-0.2, -0.15) is 0 Å². The third kappa shape index (κ3) is 2.50. The van der Waals surface area contributed by atoms with Crippen LogP contribution in [0.25, 0.3) is 0 Å². The summed E-state index contributed by atoms with van der Waals surface area (Å²) in [5.41, 5.74) is 2.27. The van der Waals surface area contributed by atoms with E-state index in [9.17, 15) is 4.39 Å². The Morgan fingerprint density at radius 1 is 1.47 bits per heavy atom. The number of halogens is 1. The van der Waals surface area contributed by atoms with Crippen molar-refractivity contribution < 1.29 is 4.39 Å². The lowest BCUT2D eigenvalue weighted by atomic mass is 10.2. The second kappa shape index (κ2) is 4.35. The number of rotatable bonds is 3. The average molecular weight is 223 g/mol. The monoisotopic (exact) mass is 223 g/mol. The summed E-state index contributed by atoms with van der Waals surface area (Å²) in [6, 6.07) is 5.07. The topological polar surface area (TPSA) is 37.8 Å². The Morgan fingerprint density at radius 2 is 2.33 bits per heavy atom. The molecular formula is C10H10FN3S. The molecule has 1 aromatic carbocycles. The van der Waals surface area contributed by atoms with Gasteiger partial charge < -0.3 is 5.32 Å². The number of aromatic nitrogens is 2. The molecule has 0 saturated carbocycles. The highest BCUT2D eigenvalue weighted by Gasteiger charge is 2.00. The SMILES string of the molecule is Cc1ccc(NCc2csnn2)cc1F. The number of hydrogen-bond acceptors (Lipinski definition) is 4. The molecule has 3 nitrogen and oxygen atoms in total. The van der Waals surface area contributed by atoms with E-state index in [1.165, 1.54) is 17.6 Å². The molecule has 0 fully saturated rings. The van der Waals surface area contributed by atoms with Crippen LogP contribution in [0.4, 0.5) is 10.1 Å². The van der Waals surface area contributed by atoms with Crippen molar-refractivity contribution in [2.24, 2.45) is 0 Å². The van der Waals surface area contributed by atoms with Crippen LogP contribution in [-0.4, -0.2) is 9.59 Å². The molecule has 78 valence electrons. The molecule has 15 heavy (non-hydrogen) atoms. The minimum absolute atomic E-state index is 0.198. The van der Waals surface area contributed by atoms with Crippen molar-refractivity contribution in [1.82, 2.24) is 9.59 Å². The van der Waals surface area contributed by atoms with E-state index >= 15 is 0 Å². The molecule has 0 aliphatic heterocycles. The normalized spacial score (nSPS) is 10.3. The van der Waals surface area contributed by atoms with Crippen LogP contribution in [0.2, 0.25) is 0 Å². The molecule has 0 radical (unpaired) electrons. The van der Waals surface area contributed by atoms with Crippen molar-refractivity contribution in [2.45, 2.75) is 13.5 Å². The van der Waals surface area contributed by atoms with Crippen LogP contribution in [0, 0.1) is 12.7 Å². The van der Waals surface area contributed by atoms with Gasteiger partial charge in [-0.05, 0) is 36.2 Å². The molecular weight excluding hydrogens is 213 g/mol. The van der Waals surface area contributed by atoms with E-state index < -0.39 is 0 Å². The van der Waals surface area contributed by atoms with Crippen LogP contribution in [0.5, 0.6) is 0 Å². The van der Waals surface area contributed by atoms with Crippen molar-refractivity contribution in [3.05, 3.63) is 40.7 Å². The number of aryl methyl sites for hydroxylation is 1. The van der Waals surface area contributed by atoms with E-state index in [4.69, 9.17) is 0 Å². The van der Waals surface area contributed by atoms with Crippen LogP contribution in [-0.2, 0) is 6.54 Å². The van der Waals surface area contributed by atoms with Crippen molar-refractivity contribution in [3.63, 3.8) is 0 Å². The van der Waals surface area contributed by atoms with Crippen LogP contribution in [0.3, 0.4) is 0 Å². The number of anilines is 1. The fourth-order valence-corrected chi connectivity index (χ4v) is 1.61. The smallest absolute Gasteiger partial charge is 0.128 e. The van der Waals surface area contributed by atoms with Crippen molar-refractivity contribution >= 4 is 17.2 Å². The van der Waals surface area contributed by atoms with Gasteiger partial charge in [0, 0.05) is 11.1 Å². The maximum Gasteiger partial charge on any atom is 0.128 e. The lowest BCUT2D eigenvalue weighted by Crippen LogP contribution is -2.00. The van der Waals surface area contributed by atoms with Crippen LogP contribution >= 0.6 is 11.5 Å². The lowest BCUT2D eigenvalue weighted by molar-refractivity contribution is 0.619. The molecule has 0 unspecified atom stereocenters. The van der Waals surface area contributed by atoms with Gasteiger partial charge in [-0.3, -0.25) is 0 Å². The zero-order valence-electron chi connectivity index (χ0n) is 8.20. The summed E-state index contributed by atoms with van der Waals surface area (Å²) in [7, 11) is 0. The first kappa shape index (κ1) is 10.0. The predicted molar refractivity (Wildman–Crippen MR) is 58.4 cm³/mol. The molecule has 1 aromatic heterocycles. The maximum absolute atomic E-state index is 13.2. The van der Waals surface area contributed by atoms with Crippen molar-refractivity contribution in [1.29, 1.82) is 0 Å². The molecule has 0 bridgehead atoms. The quantitative estimate of drug-likeness (QED) is 0.869. The summed E-state index contributed by atoms with van der Waals surface area (Å²) in [5, 5.41) is 8.82. The fraction of sp³-hybridized carbons (Fsp3) is 0.200. The maximum atomic E-state index is 13.2. The van der Waals surface area contributed by atoms with Gasteiger partial charge in [0.2, 0.25) is 0 Å². The molecule has 2 aromatic rings. The Morgan fingerprint density at radius 3 is 3.00 bits per heavy atom. The first-order valence-corrected chi connectivity index (χ1v) is 5.35. The third-order valence-corrected chi connectivity index (χ3v) is 2.60. The summed E-state index contributed by atoms with van der Waals surface area (Å²) >= 11 is 1.31. The molecule has 0 aliphatic carbocycles. The number of benzene rings is 1. The first-order valence-electron chi connectivity index (χ1n) is 4.51. The average Bonchev–Trinajstić information content (AvgIpc) is 2.73. The predicted octanol–water partition coefficient (Wildman–Crippen LogP) is 2.60. The van der Waals surface area contributed by atoms with Gasteiger partial charge in [0.15, 0.2) is 0 Å². The highest BCUT2D eigenvalue weighted by molar-refractivity contribution is 7.03.